The van der Waals surface area contributed by atoms with Crippen LogP contribution in [0, 0.1) is 11.3 Å². The first-order valence-corrected chi connectivity index (χ1v) is 6.82. The molecule has 0 saturated heterocycles. The van der Waals surface area contributed by atoms with E-state index >= 15 is 0 Å². The van der Waals surface area contributed by atoms with Crippen molar-refractivity contribution in [2.24, 2.45) is 11.3 Å². The summed E-state index contributed by atoms with van der Waals surface area (Å²) in [5, 5.41) is 0. The molecule has 0 aromatic heterocycles. The molecular formula is C16H16O4. The van der Waals surface area contributed by atoms with Gasteiger partial charge in [0.05, 0.1) is 7.11 Å². The van der Waals surface area contributed by atoms with Crippen molar-refractivity contribution < 1.29 is 19.1 Å². The molecule has 1 aromatic carbocycles. The summed E-state index contributed by atoms with van der Waals surface area (Å²) >= 11 is 0. The number of Topliss-reactive ketones (excluding diaryl/α,β-unsaturated/α-hetero) is 2. The van der Waals surface area contributed by atoms with Gasteiger partial charge in [-0.15, -0.1) is 0 Å². The van der Waals surface area contributed by atoms with E-state index in [-0.39, 0.29) is 17.5 Å². The van der Waals surface area contributed by atoms with Crippen LogP contribution in [0.1, 0.15) is 35.2 Å². The van der Waals surface area contributed by atoms with Crippen LogP contribution in [0.15, 0.2) is 24.3 Å². The molecule has 0 N–H and O–H groups in total. The Bertz CT molecular complexity index is 604. The molecule has 3 rings (SSSR count). The third-order valence-electron chi connectivity index (χ3n) is 4.63. The van der Waals surface area contributed by atoms with Crippen LogP contribution in [0.5, 0.6) is 0 Å². The van der Waals surface area contributed by atoms with Crippen molar-refractivity contribution in [1.29, 1.82) is 0 Å². The van der Waals surface area contributed by atoms with Crippen molar-refractivity contribution in [2.45, 2.75) is 25.7 Å². The van der Waals surface area contributed by atoms with Crippen LogP contribution >= 0.6 is 0 Å². The van der Waals surface area contributed by atoms with E-state index < -0.39 is 11.4 Å². The minimum absolute atomic E-state index is 0.127. The second kappa shape index (κ2) is 4.54. The molecule has 1 saturated carbocycles. The van der Waals surface area contributed by atoms with Gasteiger partial charge >= 0.3 is 5.97 Å². The summed E-state index contributed by atoms with van der Waals surface area (Å²) in [7, 11) is 1.30. The Morgan fingerprint density at radius 2 is 2.05 bits per heavy atom. The molecule has 0 amide bonds. The fourth-order valence-corrected chi connectivity index (χ4v) is 3.60. The van der Waals surface area contributed by atoms with Crippen LogP contribution < -0.4 is 0 Å². The lowest BCUT2D eigenvalue weighted by Gasteiger charge is -2.30. The Labute approximate surface area is 117 Å². The van der Waals surface area contributed by atoms with Gasteiger partial charge in [-0.3, -0.25) is 14.4 Å². The van der Waals surface area contributed by atoms with E-state index in [2.05, 4.69) is 0 Å². The van der Waals surface area contributed by atoms with E-state index in [1.807, 2.05) is 12.1 Å². The maximum Gasteiger partial charge on any atom is 0.320 e. The normalized spacial score (nSPS) is 28.6. The van der Waals surface area contributed by atoms with Gasteiger partial charge in [0.25, 0.3) is 0 Å². The summed E-state index contributed by atoms with van der Waals surface area (Å²) in [4.78, 5) is 36.7. The quantitative estimate of drug-likeness (QED) is 0.610. The number of hydrogen-bond donors (Lipinski definition) is 0. The van der Waals surface area contributed by atoms with Gasteiger partial charge in [-0.2, -0.15) is 0 Å². The fourth-order valence-electron chi connectivity index (χ4n) is 3.60. The predicted molar refractivity (Wildman–Crippen MR) is 71.3 cm³/mol. The summed E-state index contributed by atoms with van der Waals surface area (Å²) in [5.41, 5.74) is 0.282. The van der Waals surface area contributed by atoms with Crippen LogP contribution in [0.3, 0.4) is 0 Å². The molecular weight excluding hydrogens is 256 g/mol. The largest absolute Gasteiger partial charge is 0.468 e. The maximum atomic E-state index is 12.8. The minimum atomic E-state index is -1.19. The van der Waals surface area contributed by atoms with Crippen LogP contribution in [0.2, 0.25) is 0 Å². The summed E-state index contributed by atoms with van der Waals surface area (Å²) < 4.78 is 4.92. The van der Waals surface area contributed by atoms with Crippen molar-refractivity contribution in [3.63, 3.8) is 0 Å². The Kier molecular flexibility index (Phi) is 2.96. The van der Waals surface area contributed by atoms with Gasteiger partial charge in [0, 0.05) is 18.4 Å². The first-order chi connectivity index (χ1) is 9.59. The molecule has 0 radical (unpaired) electrons. The van der Waals surface area contributed by atoms with Crippen LogP contribution in [0.4, 0.5) is 0 Å². The zero-order valence-corrected chi connectivity index (χ0v) is 11.3. The zero-order chi connectivity index (χ0) is 14.3. The molecule has 0 bridgehead atoms. The summed E-state index contributed by atoms with van der Waals surface area (Å²) in [6, 6.07) is 7.27. The fraction of sp³-hybridized carbons (Fsp3) is 0.438. The second-order valence-corrected chi connectivity index (χ2v) is 5.60. The molecule has 4 heteroatoms. The van der Waals surface area contributed by atoms with E-state index in [0.717, 1.165) is 5.56 Å². The Hall–Kier alpha value is -1.97. The molecule has 0 spiro atoms. The molecule has 2 unspecified atom stereocenters. The van der Waals surface area contributed by atoms with Gasteiger partial charge in [-0.1, -0.05) is 24.3 Å². The average molecular weight is 272 g/mol. The average Bonchev–Trinajstić information content (AvgIpc) is 3.01. The number of fused-ring (bicyclic) bond motifs is 1. The molecule has 0 heterocycles. The highest BCUT2D eigenvalue weighted by atomic mass is 16.5. The smallest absolute Gasteiger partial charge is 0.320 e. The number of ketones is 2. The standard InChI is InChI=1S/C16H16O4/c1-20-15(19)16(11-6-7-12(17)8-11)9-10-4-2-3-5-13(10)14(16)18/h2-5,11H,6-9H2,1H3. The topological polar surface area (TPSA) is 60.4 Å². The molecule has 0 aliphatic heterocycles. The molecule has 20 heavy (non-hydrogen) atoms. The second-order valence-electron chi connectivity index (χ2n) is 5.60. The molecule has 2 aliphatic rings. The third kappa shape index (κ3) is 1.64. The van der Waals surface area contributed by atoms with Crippen molar-refractivity contribution in [1.82, 2.24) is 0 Å². The van der Waals surface area contributed by atoms with Crippen LogP contribution in [-0.4, -0.2) is 24.6 Å². The molecule has 2 aliphatic carbocycles. The van der Waals surface area contributed by atoms with Gasteiger partial charge in [0.1, 0.15) is 11.2 Å². The lowest BCUT2D eigenvalue weighted by atomic mass is 9.71. The molecule has 2 atom stereocenters. The monoisotopic (exact) mass is 272 g/mol. The zero-order valence-electron chi connectivity index (χ0n) is 11.3. The SMILES string of the molecule is COC(=O)C1(C2CCC(=O)C2)Cc2ccccc2C1=O. The lowest BCUT2D eigenvalue weighted by Crippen LogP contribution is -2.44. The first-order valence-electron chi connectivity index (χ1n) is 6.82. The number of benzene rings is 1. The van der Waals surface area contributed by atoms with Gasteiger partial charge in [-0.05, 0) is 24.3 Å². The number of rotatable bonds is 2. The highest BCUT2D eigenvalue weighted by Gasteiger charge is 2.58. The predicted octanol–water partition coefficient (Wildman–Crippen LogP) is 1.95. The summed E-state index contributed by atoms with van der Waals surface area (Å²) in [5.74, 6) is -0.789. The first kappa shape index (κ1) is 13.0. The van der Waals surface area contributed by atoms with E-state index in [4.69, 9.17) is 4.74 Å². The summed E-state index contributed by atoms with van der Waals surface area (Å²) in [6.07, 6.45) is 1.70. The van der Waals surface area contributed by atoms with Crippen molar-refractivity contribution in [2.75, 3.05) is 7.11 Å². The highest BCUT2D eigenvalue weighted by Crippen LogP contribution is 2.48. The lowest BCUT2D eigenvalue weighted by molar-refractivity contribution is -0.152. The van der Waals surface area contributed by atoms with Gasteiger partial charge < -0.3 is 4.74 Å². The molecule has 1 aromatic rings. The van der Waals surface area contributed by atoms with Crippen molar-refractivity contribution in [3.8, 4) is 0 Å². The number of methoxy groups -OCH3 is 1. The van der Waals surface area contributed by atoms with Gasteiger partial charge in [0.15, 0.2) is 5.78 Å². The number of ether oxygens (including phenoxy) is 1. The van der Waals surface area contributed by atoms with Crippen molar-refractivity contribution >= 4 is 17.5 Å². The summed E-state index contributed by atoms with van der Waals surface area (Å²) in [6.45, 7) is 0. The number of carbonyl (C=O) groups excluding carboxylic acids is 3. The number of carbonyl (C=O) groups is 3. The Morgan fingerprint density at radius 3 is 2.65 bits per heavy atom. The van der Waals surface area contributed by atoms with E-state index in [9.17, 15) is 14.4 Å². The molecule has 104 valence electrons. The van der Waals surface area contributed by atoms with Crippen LogP contribution in [-0.2, 0) is 20.7 Å². The molecule has 1 fully saturated rings. The van der Waals surface area contributed by atoms with Gasteiger partial charge in [-0.25, -0.2) is 0 Å². The van der Waals surface area contributed by atoms with E-state index in [1.165, 1.54) is 7.11 Å². The highest BCUT2D eigenvalue weighted by molar-refractivity contribution is 6.16. The van der Waals surface area contributed by atoms with Crippen molar-refractivity contribution in [3.05, 3.63) is 35.4 Å². The molecule has 4 nitrogen and oxygen atoms in total. The number of hydrogen-bond acceptors (Lipinski definition) is 4. The third-order valence-corrected chi connectivity index (χ3v) is 4.63. The maximum absolute atomic E-state index is 12.8. The number of esters is 1. The Balaban J connectivity index is 2.08. The van der Waals surface area contributed by atoms with E-state index in [0.29, 0.717) is 31.2 Å². The van der Waals surface area contributed by atoms with Gasteiger partial charge in [0.2, 0.25) is 0 Å². The van der Waals surface area contributed by atoms with Crippen LogP contribution in [0.25, 0.3) is 0 Å². The minimum Gasteiger partial charge on any atom is -0.468 e. The Morgan fingerprint density at radius 1 is 1.30 bits per heavy atom. The van der Waals surface area contributed by atoms with E-state index in [1.54, 1.807) is 12.1 Å².